The summed E-state index contributed by atoms with van der Waals surface area (Å²) in [5.74, 6) is -0.751. The average Bonchev–Trinajstić information content (AvgIpc) is 2.18. The molecule has 0 heterocycles. The minimum atomic E-state index is -0.751. The smallest absolute Gasteiger partial charge is 0.303 e. The van der Waals surface area contributed by atoms with Crippen molar-refractivity contribution in [2.75, 3.05) is 0 Å². The van der Waals surface area contributed by atoms with Crippen molar-refractivity contribution in [2.45, 2.75) is 19.8 Å². The fourth-order valence-electron chi connectivity index (χ4n) is 1.22. The van der Waals surface area contributed by atoms with Gasteiger partial charge in [0.05, 0.1) is 0 Å². The van der Waals surface area contributed by atoms with Crippen molar-refractivity contribution >= 4 is 34.6 Å². The SMILES string of the molecule is Cc1c(I)cccc1C=CCCC(=O)O. The van der Waals surface area contributed by atoms with Crippen molar-refractivity contribution in [3.63, 3.8) is 0 Å². The molecule has 0 bridgehead atoms. The number of benzene rings is 1. The maximum atomic E-state index is 10.3. The third kappa shape index (κ3) is 4.03. The van der Waals surface area contributed by atoms with Crippen LogP contribution in [0.4, 0.5) is 0 Å². The van der Waals surface area contributed by atoms with Gasteiger partial charge in [0, 0.05) is 9.99 Å². The molecule has 0 aliphatic heterocycles. The summed E-state index contributed by atoms with van der Waals surface area (Å²) in [6.07, 6.45) is 4.67. The normalized spacial score (nSPS) is 10.8. The van der Waals surface area contributed by atoms with E-state index in [1.807, 2.05) is 24.3 Å². The average molecular weight is 316 g/mol. The zero-order valence-corrected chi connectivity index (χ0v) is 10.7. The molecule has 0 fully saturated rings. The van der Waals surface area contributed by atoms with E-state index in [0.29, 0.717) is 6.42 Å². The molecule has 0 aliphatic rings. The molecular weight excluding hydrogens is 303 g/mol. The first-order valence-electron chi connectivity index (χ1n) is 4.74. The largest absolute Gasteiger partial charge is 0.481 e. The second-order valence-corrected chi connectivity index (χ2v) is 4.45. The minimum Gasteiger partial charge on any atom is -0.481 e. The maximum absolute atomic E-state index is 10.3. The van der Waals surface area contributed by atoms with Crippen LogP contribution in [0, 0.1) is 10.5 Å². The lowest BCUT2D eigenvalue weighted by atomic mass is 10.1. The van der Waals surface area contributed by atoms with Crippen LogP contribution >= 0.6 is 22.6 Å². The van der Waals surface area contributed by atoms with E-state index in [0.717, 1.165) is 5.56 Å². The highest BCUT2D eigenvalue weighted by Gasteiger charge is 1.97. The summed E-state index contributed by atoms with van der Waals surface area (Å²) in [7, 11) is 0. The van der Waals surface area contributed by atoms with E-state index in [1.165, 1.54) is 9.13 Å². The second-order valence-electron chi connectivity index (χ2n) is 3.29. The topological polar surface area (TPSA) is 37.3 Å². The van der Waals surface area contributed by atoms with E-state index < -0.39 is 5.97 Å². The molecule has 0 amide bonds. The molecule has 1 aromatic rings. The number of rotatable bonds is 4. The van der Waals surface area contributed by atoms with Crippen molar-refractivity contribution in [1.82, 2.24) is 0 Å². The number of hydrogen-bond donors (Lipinski definition) is 1. The Morgan fingerprint density at radius 2 is 2.27 bits per heavy atom. The maximum Gasteiger partial charge on any atom is 0.303 e. The third-order valence-corrected chi connectivity index (χ3v) is 3.30. The molecule has 0 atom stereocenters. The van der Waals surface area contributed by atoms with Gasteiger partial charge in [-0.25, -0.2) is 0 Å². The Labute approximate surface area is 103 Å². The first kappa shape index (κ1) is 12.2. The first-order chi connectivity index (χ1) is 7.11. The molecule has 1 rings (SSSR count). The molecule has 15 heavy (non-hydrogen) atoms. The van der Waals surface area contributed by atoms with Gasteiger partial charge in [-0.1, -0.05) is 24.3 Å². The van der Waals surface area contributed by atoms with E-state index in [1.54, 1.807) is 0 Å². The predicted octanol–water partition coefficient (Wildman–Crippen LogP) is 3.48. The van der Waals surface area contributed by atoms with Crippen LogP contribution < -0.4 is 0 Å². The Morgan fingerprint density at radius 1 is 1.53 bits per heavy atom. The molecule has 0 saturated carbocycles. The van der Waals surface area contributed by atoms with Gasteiger partial charge in [-0.15, -0.1) is 0 Å². The fraction of sp³-hybridized carbons (Fsp3) is 0.250. The van der Waals surface area contributed by atoms with E-state index in [-0.39, 0.29) is 6.42 Å². The monoisotopic (exact) mass is 316 g/mol. The third-order valence-electron chi connectivity index (χ3n) is 2.13. The first-order valence-corrected chi connectivity index (χ1v) is 5.82. The number of carboxylic acids is 1. The molecule has 2 nitrogen and oxygen atoms in total. The zero-order valence-electron chi connectivity index (χ0n) is 8.53. The Kier molecular flexibility index (Phi) is 4.81. The molecule has 0 spiro atoms. The van der Waals surface area contributed by atoms with Crippen LogP contribution in [0.5, 0.6) is 0 Å². The van der Waals surface area contributed by atoms with Crippen molar-refractivity contribution in [2.24, 2.45) is 0 Å². The quantitative estimate of drug-likeness (QED) is 0.864. The number of carbonyl (C=O) groups is 1. The molecule has 1 aromatic carbocycles. The Bertz CT molecular complexity index is 383. The summed E-state index contributed by atoms with van der Waals surface area (Å²) in [4.78, 5) is 10.3. The van der Waals surface area contributed by atoms with Gasteiger partial charge in [-0.05, 0) is 53.1 Å². The summed E-state index contributed by atoms with van der Waals surface area (Å²) in [6.45, 7) is 2.07. The van der Waals surface area contributed by atoms with Gasteiger partial charge in [-0.3, -0.25) is 4.79 Å². The van der Waals surface area contributed by atoms with Crippen LogP contribution in [0.1, 0.15) is 24.0 Å². The van der Waals surface area contributed by atoms with Crippen LogP contribution in [0.3, 0.4) is 0 Å². The van der Waals surface area contributed by atoms with Crippen LogP contribution in [-0.4, -0.2) is 11.1 Å². The highest BCUT2D eigenvalue weighted by Crippen LogP contribution is 2.17. The van der Waals surface area contributed by atoms with Crippen LogP contribution in [0.15, 0.2) is 24.3 Å². The number of aliphatic carboxylic acids is 1. The molecule has 1 N–H and O–H groups in total. The van der Waals surface area contributed by atoms with E-state index in [2.05, 4.69) is 35.6 Å². The highest BCUT2D eigenvalue weighted by atomic mass is 127. The van der Waals surface area contributed by atoms with Crippen molar-refractivity contribution < 1.29 is 9.90 Å². The number of halogens is 1. The number of carboxylic acid groups (broad SMARTS) is 1. The Hall–Kier alpha value is -0.840. The molecular formula is C12H13IO2. The molecule has 0 aliphatic carbocycles. The van der Waals surface area contributed by atoms with Gasteiger partial charge in [0.2, 0.25) is 0 Å². The van der Waals surface area contributed by atoms with E-state index >= 15 is 0 Å². The summed E-state index contributed by atoms with van der Waals surface area (Å²) in [6, 6.07) is 6.10. The summed E-state index contributed by atoms with van der Waals surface area (Å²) >= 11 is 2.29. The van der Waals surface area contributed by atoms with E-state index in [4.69, 9.17) is 5.11 Å². The molecule has 80 valence electrons. The predicted molar refractivity (Wildman–Crippen MR) is 69.8 cm³/mol. The van der Waals surface area contributed by atoms with E-state index in [9.17, 15) is 4.79 Å². The van der Waals surface area contributed by atoms with Gasteiger partial charge < -0.3 is 5.11 Å². The molecule has 0 unspecified atom stereocenters. The van der Waals surface area contributed by atoms with Gasteiger partial charge >= 0.3 is 5.97 Å². The summed E-state index contributed by atoms with van der Waals surface area (Å²) < 4.78 is 1.23. The molecule has 0 aromatic heterocycles. The van der Waals surface area contributed by atoms with Gasteiger partial charge in [-0.2, -0.15) is 0 Å². The van der Waals surface area contributed by atoms with Gasteiger partial charge in [0.1, 0.15) is 0 Å². The van der Waals surface area contributed by atoms with Crippen molar-refractivity contribution in [3.05, 3.63) is 39.0 Å². The molecule has 0 radical (unpaired) electrons. The lowest BCUT2D eigenvalue weighted by Gasteiger charge is -2.01. The Morgan fingerprint density at radius 3 is 2.93 bits per heavy atom. The van der Waals surface area contributed by atoms with Crippen LogP contribution in [-0.2, 0) is 4.79 Å². The lowest BCUT2D eigenvalue weighted by Crippen LogP contribution is -1.91. The van der Waals surface area contributed by atoms with Crippen LogP contribution in [0.25, 0.3) is 6.08 Å². The van der Waals surface area contributed by atoms with Gasteiger partial charge in [0.15, 0.2) is 0 Å². The Balaban J connectivity index is 2.64. The zero-order chi connectivity index (χ0) is 11.3. The lowest BCUT2D eigenvalue weighted by molar-refractivity contribution is -0.136. The second kappa shape index (κ2) is 5.90. The summed E-state index contributed by atoms with van der Waals surface area (Å²) in [5.41, 5.74) is 2.40. The fourth-order valence-corrected chi connectivity index (χ4v) is 1.74. The molecule has 3 heteroatoms. The summed E-state index contributed by atoms with van der Waals surface area (Å²) in [5, 5.41) is 8.47. The number of allylic oxidation sites excluding steroid dienone is 1. The minimum absolute atomic E-state index is 0.194. The highest BCUT2D eigenvalue weighted by molar-refractivity contribution is 14.1. The standard InChI is InChI=1S/C12H13IO2/c1-9-10(6-4-7-11(9)13)5-2-3-8-12(14)15/h2,4-7H,3,8H2,1H3,(H,14,15). The number of hydrogen-bond acceptors (Lipinski definition) is 1. The van der Waals surface area contributed by atoms with Crippen molar-refractivity contribution in [3.8, 4) is 0 Å². The molecule has 0 saturated heterocycles. The van der Waals surface area contributed by atoms with Gasteiger partial charge in [0.25, 0.3) is 0 Å². The van der Waals surface area contributed by atoms with Crippen LogP contribution in [0.2, 0.25) is 0 Å². The van der Waals surface area contributed by atoms with Crippen molar-refractivity contribution in [1.29, 1.82) is 0 Å².